The molecule has 0 radical (unpaired) electrons. The highest BCUT2D eigenvalue weighted by molar-refractivity contribution is 7.98. The van der Waals surface area contributed by atoms with E-state index in [1.807, 2.05) is 6.26 Å². The number of anilines is 1. The second kappa shape index (κ2) is 8.62. The Balaban J connectivity index is 1.51. The summed E-state index contributed by atoms with van der Waals surface area (Å²) in [6, 6.07) is 2.64. The maximum absolute atomic E-state index is 12.2. The van der Waals surface area contributed by atoms with Gasteiger partial charge in [0.2, 0.25) is 0 Å². The standard InChI is InChI=1S/C18H20N6O4S/c1-29-18-21-15(23-6-8-27-9-7-23)13-10-20-24(16(13)22-18)5-4-19-17(26)12-2-3-14(25)28-11-12/h2-3,10-11H,4-9H2,1H3,(H,19,26). The molecule has 0 atom stereocenters. The van der Waals surface area contributed by atoms with Gasteiger partial charge in [-0.05, 0) is 12.3 Å². The number of morpholine rings is 1. The molecular formula is C18H20N6O4S. The maximum atomic E-state index is 12.2. The van der Waals surface area contributed by atoms with E-state index in [9.17, 15) is 9.59 Å². The quantitative estimate of drug-likeness (QED) is 0.459. The van der Waals surface area contributed by atoms with Gasteiger partial charge in [0.05, 0.1) is 36.9 Å². The van der Waals surface area contributed by atoms with Crippen LogP contribution in [-0.2, 0) is 11.3 Å². The summed E-state index contributed by atoms with van der Waals surface area (Å²) < 4.78 is 11.9. The smallest absolute Gasteiger partial charge is 0.335 e. The number of amides is 1. The van der Waals surface area contributed by atoms with Gasteiger partial charge < -0.3 is 19.4 Å². The molecule has 0 aliphatic carbocycles. The molecule has 11 heteroatoms. The highest BCUT2D eigenvalue weighted by Crippen LogP contribution is 2.27. The predicted molar refractivity (Wildman–Crippen MR) is 107 cm³/mol. The Kier molecular flexibility index (Phi) is 5.76. The molecule has 1 N–H and O–H groups in total. The van der Waals surface area contributed by atoms with E-state index >= 15 is 0 Å². The fourth-order valence-electron chi connectivity index (χ4n) is 3.06. The molecule has 0 saturated carbocycles. The number of nitrogens with zero attached hydrogens (tertiary/aromatic N) is 5. The van der Waals surface area contributed by atoms with Gasteiger partial charge in [0.1, 0.15) is 12.1 Å². The molecule has 0 bridgehead atoms. The van der Waals surface area contributed by atoms with E-state index < -0.39 is 5.63 Å². The predicted octanol–water partition coefficient (Wildman–Crippen LogP) is 0.768. The lowest BCUT2D eigenvalue weighted by molar-refractivity contribution is 0.0949. The van der Waals surface area contributed by atoms with Gasteiger partial charge in [0.15, 0.2) is 10.8 Å². The Morgan fingerprint density at radius 3 is 2.83 bits per heavy atom. The molecule has 3 aromatic heterocycles. The lowest BCUT2D eigenvalue weighted by Gasteiger charge is -2.28. The highest BCUT2D eigenvalue weighted by Gasteiger charge is 2.20. The molecule has 10 nitrogen and oxygen atoms in total. The molecule has 1 aliphatic heterocycles. The molecular weight excluding hydrogens is 396 g/mol. The summed E-state index contributed by atoms with van der Waals surface area (Å²) in [5.74, 6) is 0.538. The van der Waals surface area contributed by atoms with Crippen LogP contribution < -0.4 is 15.8 Å². The normalized spacial score (nSPS) is 14.3. The first kappa shape index (κ1) is 19.4. The van der Waals surface area contributed by atoms with E-state index in [0.29, 0.717) is 31.5 Å². The first-order valence-corrected chi connectivity index (χ1v) is 10.4. The SMILES string of the molecule is CSc1nc(N2CCOCC2)c2cnn(CCNC(=O)c3ccc(=O)oc3)c2n1. The molecule has 1 fully saturated rings. The number of carbonyl (C=O) groups excluding carboxylic acids is 1. The number of aromatic nitrogens is 4. The molecule has 0 spiro atoms. The zero-order valence-electron chi connectivity index (χ0n) is 15.8. The van der Waals surface area contributed by atoms with Crippen molar-refractivity contribution in [2.45, 2.75) is 11.7 Å². The fraction of sp³-hybridized carbons (Fsp3) is 0.389. The van der Waals surface area contributed by atoms with Crippen LogP contribution in [0.4, 0.5) is 5.82 Å². The average molecular weight is 416 g/mol. The number of ether oxygens (including phenoxy) is 1. The minimum Gasteiger partial charge on any atom is -0.430 e. The van der Waals surface area contributed by atoms with Crippen LogP contribution in [0.15, 0.2) is 39.0 Å². The Hall–Kier alpha value is -2.92. The summed E-state index contributed by atoms with van der Waals surface area (Å²) in [4.78, 5) is 34.6. The summed E-state index contributed by atoms with van der Waals surface area (Å²) in [5.41, 5.74) is 0.521. The summed E-state index contributed by atoms with van der Waals surface area (Å²) in [6.07, 6.45) is 4.84. The van der Waals surface area contributed by atoms with Gasteiger partial charge in [-0.2, -0.15) is 5.10 Å². The molecule has 1 saturated heterocycles. The van der Waals surface area contributed by atoms with E-state index in [2.05, 4.69) is 25.3 Å². The van der Waals surface area contributed by atoms with E-state index in [1.165, 1.54) is 23.9 Å². The Bertz CT molecular complexity index is 1060. The van der Waals surface area contributed by atoms with Crippen LogP contribution in [-0.4, -0.2) is 64.8 Å². The Labute approximate surface area is 170 Å². The topological polar surface area (TPSA) is 115 Å². The molecule has 3 aromatic rings. The van der Waals surface area contributed by atoms with E-state index in [4.69, 9.17) is 9.15 Å². The number of thioether (sulfide) groups is 1. The lowest BCUT2D eigenvalue weighted by Crippen LogP contribution is -2.37. The maximum Gasteiger partial charge on any atom is 0.335 e. The van der Waals surface area contributed by atoms with Gasteiger partial charge in [-0.3, -0.25) is 4.79 Å². The molecule has 4 rings (SSSR count). The number of fused-ring (bicyclic) bond motifs is 1. The zero-order valence-corrected chi connectivity index (χ0v) is 16.6. The number of nitrogens with one attached hydrogen (secondary N) is 1. The van der Waals surface area contributed by atoms with Gasteiger partial charge in [-0.15, -0.1) is 0 Å². The Morgan fingerprint density at radius 2 is 2.10 bits per heavy atom. The van der Waals surface area contributed by atoms with Crippen molar-refractivity contribution in [3.8, 4) is 0 Å². The third-order valence-electron chi connectivity index (χ3n) is 4.52. The van der Waals surface area contributed by atoms with Crippen molar-refractivity contribution in [3.05, 3.63) is 40.6 Å². The molecule has 1 aliphatic rings. The summed E-state index contributed by atoms with van der Waals surface area (Å²) in [6.45, 7) is 3.67. The first-order chi connectivity index (χ1) is 14.2. The van der Waals surface area contributed by atoms with Crippen molar-refractivity contribution in [2.75, 3.05) is 44.0 Å². The second-order valence-electron chi connectivity index (χ2n) is 6.34. The first-order valence-electron chi connectivity index (χ1n) is 9.13. The minimum atomic E-state index is -0.495. The molecule has 4 heterocycles. The molecule has 1 amide bonds. The van der Waals surface area contributed by atoms with Crippen LogP contribution in [0.25, 0.3) is 11.0 Å². The molecule has 152 valence electrons. The second-order valence-corrected chi connectivity index (χ2v) is 7.11. The van der Waals surface area contributed by atoms with Gasteiger partial charge >= 0.3 is 5.63 Å². The van der Waals surface area contributed by atoms with Crippen molar-refractivity contribution in [1.82, 2.24) is 25.1 Å². The van der Waals surface area contributed by atoms with Crippen molar-refractivity contribution in [3.63, 3.8) is 0 Å². The third-order valence-corrected chi connectivity index (χ3v) is 5.07. The summed E-state index contributed by atoms with van der Waals surface area (Å²) >= 11 is 1.47. The van der Waals surface area contributed by atoms with E-state index in [0.717, 1.165) is 36.2 Å². The monoisotopic (exact) mass is 416 g/mol. The molecule has 29 heavy (non-hydrogen) atoms. The van der Waals surface area contributed by atoms with Gasteiger partial charge in [-0.1, -0.05) is 11.8 Å². The lowest BCUT2D eigenvalue weighted by atomic mass is 10.3. The van der Waals surface area contributed by atoms with E-state index in [-0.39, 0.29) is 11.5 Å². The van der Waals surface area contributed by atoms with Crippen LogP contribution in [0.5, 0.6) is 0 Å². The third kappa shape index (κ3) is 4.25. The fourth-order valence-corrected chi connectivity index (χ4v) is 3.41. The van der Waals surface area contributed by atoms with Gasteiger partial charge in [0.25, 0.3) is 5.91 Å². The van der Waals surface area contributed by atoms with Crippen LogP contribution in [0.1, 0.15) is 10.4 Å². The molecule has 0 aromatic carbocycles. The molecule has 0 unspecified atom stereocenters. The van der Waals surface area contributed by atoms with Crippen LogP contribution in [0, 0.1) is 0 Å². The van der Waals surface area contributed by atoms with Crippen molar-refractivity contribution in [1.29, 1.82) is 0 Å². The van der Waals surface area contributed by atoms with Crippen molar-refractivity contribution in [2.24, 2.45) is 0 Å². The number of rotatable bonds is 6. The highest BCUT2D eigenvalue weighted by atomic mass is 32.2. The van der Waals surface area contributed by atoms with Crippen LogP contribution in [0.3, 0.4) is 0 Å². The largest absolute Gasteiger partial charge is 0.430 e. The van der Waals surface area contributed by atoms with Gasteiger partial charge in [0, 0.05) is 25.7 Å². The summed E-state index contributed by atoms with van der Waals surface area (Å²) in [7, 11) is 0. The average Bonchev–Trinajstić information content (AvgIpc) is 3.17. The zero-order chi connectivity index (χ0) is 20.2. The Morgan fingerprint density at radius 1 is 1.28 bits per heavy atom. The number of carbonyl (C=O) groups is 1. The van der Waals surface area contributed by atoms with Crippen LogP contribution >= 0.6 is 11.8 Å². The number of hydrogen-bond donors (Lipinski definition) is 1. The minimum absolute atomic E-state index is 0.288. The van der Waals surface area contributed by atoms with E-state index in [1.54, 1.807) is 10.9 Å². The van der Waals surface area contributed by atoms with Crippen molar-refractivity contribution < 1.29 is 13.9 Å². The van der Waals surface area contributed by atoms with Crippen molar-refractivity contribution >= 4 is 34.5 Å². The van der Waals surface area contributed by atoms with Crippen LogP contribution in [0.2, 0.25) is 0 Å². The number of hydrogen-bond acceptors (Lipinski definition) is 9. The summed E-state index contributed by atoms with van der Waals surface area (Å²) in [5, 5.41) is 8.78. The van der Waals surface area contributed by atoms with Gasteiger partial charge in [-0.25, -0.2) is 19.4 Å².